The van der Waals surface area contributed by atoms with Gasteiger partial charge in [-0.2, -0.15) is 0 Å². The molecule has 1 aromatic heterocycles. The largest absolute Gasteiger partial charge is 0.378 e. The van der Waals surface area contributed by atoms with Crippen molar-refractivity contribution in [3.8, 4) is 0 Å². The van der Waals surface area contributed by atoms with Gasteiger partial charge in [0.05, 0.1) is 10.2 Å². The molecule has 140 valence electrons. The molecular formula is C22H20N4OS. The van der Waals surface area contributed by atoms with Crippen molar-refractivity contribution in [3.63, 3.8) is 0 Å². The van der Waals surface area contributed by atoms with E-state index in [0.29, 0.717) is 5.56 Å². The van der Waals surface area contributed by atoms with Gasteiger partial charge in [0.15, 0.2) is 5.13 Å². The molecule has 4 aromatic rings. The van der Waals surface area contributed by atoms with E-state index >= 15 is 0 Å². The summed E-state index contributed by atoms with van der Waals surface area (Å²) in [6.07, 6.45) is 0. The van der Waals surface area contributed by atoms with Gasteiger partial charge in [0, 0.05) is 36.7 Å². The molecule has 0 bridgehead atoms. The Hall–Kier alpha value is -3.38. The minimum Gasteiger partial charge on any atom is -0.378 e. The summed E-state index contributed by atoms with van der Waals surface area (Å²) in [5.41, 5.74) is 4.35. The lowest BCUT2D eigenvalue weighted by atomic mass is 10.2. The number of hydrogen-bond acceptors (Lipinski definition) is 5. The van der Waals surface area contributed by atoms with Crippen molar-refractivity contribution < 1.29 is 4.79 Å². The molecule has 0 atom stereocenters. The van der Waals surface area contributed by atoms with Gasteiger partial charge in [-0.15, -0.1) is 0 Å². The Labute approximate surface area is 167 Å². The predicted molar refractivity (Wildman–Crippen MR) is 118 cm³/mol. The molecule has 0 radical (unpaired) electrons. The fourth-order valence-electron chi connectivity index (χ4n) is 2.83. The van der Waals surface area contributed by atoms with E-state index in [1.807, 2.05) is 68.7 Å². The van der Waals surface area contributed by atoms with Gasteiger partial charge < -0.3 is 15.5 Å². The third-order valence-corrected chi connectivity index (χ3v) is 5.23. The first-order chi connectivity index (χ1) is 13.6. The minimum absolute atomic E-state index is 0.130. The molecule has 5 nitrogen and oxygen atoms in total. The monoisotopic (exact) mass is 388 g/mol. The summed E-state index contributed by atoms with van der Waals surface area (Å²) in [4.78, 5) is 19.2. The van der Waals surface area contributed by atoms with Gasteiger partial charge in [-0.3, -0.25) is 4.79 Å². The Balaban J connectivity index is 1.55. The summed E-state index contributed by atoms with van der Waals surface area (Å²) in [5.74, 6) is -0.130. The number of carbonyl (C=O) groups is 1. The fraction of sp³-hybridized carbons (Fsp3) is 0.0909. The van der Waals surface area contributed by atoms with Gasteiger partial charge >= 0.3 is 0 Å². The van der Waals surface area contributed by atoms with Gasteiger partial charge in [0.1, 0.15) is 0 Å². The van der Waals surface area contributed by atoms with Gasteiger partial charge in [-0.25, -0.2) is 4.98 Å². The topological polar surface area (TPSA) is 57.3 Å². The highest BCUT2D eigenvalue weighted by Crippen LogP contribution is 2.30. The molecule has 0 aliphatic carbocycles. The maximum Gasteiger partial charge on any atom is 0.255 e. The second-order valence-electron chi connectivity index (χ2n) is 6.59. The summed E-state index contributed by atoms with van der Waals surface area (Å²) >= 11 is 1.53. The minimum atomic E-state index is -0.130. The lowest BCUT2D eigenvalue weighted by Crippen LogP contribution is -2.11. The molecular weight excluding hydrogens is 368 g/mol. The highest BCUT2D eigenvalue weighted by molar-refractivity contribution is 7.22. The second-order valence-corrected chi connectivity index (χ2v) is 7.62. The van der Waals surface area contributed by atoms with Crippen LogP contribution in [0.4, 0.5) is 22.2 Å². The first-order valence-electron chi connectivity index (χ1n) is 8.90. The summed E-state index contributed by atoms with van der Waals surface area (Å²) in [6.45, 7) is 0. The number of anilines is 4. The second kappa shape index (κ2) is 7.70. The van der Waals surface area contributed by atoms with Crippen molar-refractivity contribution in [2.75, 3.05) is 29.6 Å². The number of para-hydroxylation sites is 1. The molecule has 0 saturated heterocycles. The van der Waals surface area contributed by atoms with Crippen molar-refractivity contribution in [1.82, 2.24) is 4.98 Å². The fourth-order valence-corrected chi connectivity index (χ4v) is 3.75. The third kappa shape index (κ3) is 3.97. The molecule has 28 heavy (non-hydrogen) atoms. The highest BCUT2D eigenvalue weighted by atomic mass is 32.1. The van der Waals surface area contributed by atoms with Crippen LogP contribution in [0.3, 0.4) is 0 Å². The Morgan fingerprint density at radius 3 is 2.50 bits per heavy atom. The van der Waals surface area contributed by atoms with Gasteiger partial charge in [-0.1, -0.05) is 35.6 Å². The van der Waals surface area contributed by atoms with E-state index in [-0.39, 0.29) is 5.91 Å². The summed E-state index contributed by atoms with van der Waals surface area (Å²) < 4.78 is 0.965. The summed E-state index contributed by atoms with van der Waals surface area (Å²) in [5, 5.41) is 7.07. The van der Waals surface area contributed by atoms with Gasteiger partial charge in [0.2, 0.25) is 0 Å². The van der Waals surface area contributed by atoms with Gasteiger partial charge in [-0.05, 0) is 48.5 Å². The van der Waals surface area contributed by atoms with E-state index in [4.69, 9.17) is 0 Å². The molecule has 4 rings (SSSR count). The number of carbonyl (C=O) groups excluding carboxylic acids is 1. The lowest BCUT2D eigenvalue weighted by Gasteiger charge is -2.13. The van der Waals surface area contributed by atoms with Crippen molar-refractivity contribution in [2.24, 2.45) is 0 Å². The number of thiazole rings is 1. The van der Waals surface area contributed by atoms with Crippen LogP contribution in [0.25, 0.3) is 10.2 Å². The maximum atomic E-state index is 12.5. The standard InChI is InChI=1S/C22H20N4OS/c1-26(2)18-10-6-9-17(14-18)24-22-25-19-12-11-15(13-20(19)28-22)21(27)23-16-7-4-3-5-8-16/h3-14H,1-2H3,(H,23,27)(H,24,25). The average Bonchev–Trinajstić information content (AvgIpc) is 3.10. The normalized spacial score (nSPS) is 10.6. The molecule has 0 fully saturated rings. The zero-order chi connectivity index (χ0) is 19.5. The van der Waals surface area contributed by atoms with Crippen molar-refractivity contribution in [3.05, 3.63) is 78.4 Å². The SMILES string of the molecule is CN(C)c1cccc(Nc2nc3ccc(C(=O)Nc4ccccc4)cc3s2)c1. The molecule has 0 unspecified atom stereocenters. The van der Waals surface area contributed by atoms with Crippen LogP contribution >= 0.6 is 11.3 Å². The Kier molecular flexibility index (Phi) is 4.95. The maximum absolute atomic E-state index is 12.5. The number of amides is 1. The third-order valence-electron chi connectivity index (χ3n) is 4.30. The molecule has 2 N–H and O–H groups in total. The van der Waals surface area contributed by atoms with Crippen LogP contribution in [0.15, 0.2) is 72.8 Å². The Bertz CT molecular complexity index is 1120. The smallest absolute Gasteiger partial charge is 0.255 e. The first-order valence-corrected chi connectivity index (χ1v) is 9.71. The van der Waals surface area contributed by atoms with Crippen LogP contribution in [-0.2, 0) is 0 Å². The van der Waals surface area contributed by atoms with E-state index in [1.54, 1.807) is 6.07 Å². The van der Waals surface area contributed by atoms with E-state index in [1.165, 1.54) is 11.3 Å². The lowest BCUT2D eigenvalue weighted by molar-refractivity contribution is 0.102. The van der Waals surface area contributed by atoms with Gasteiger partial charge in [0.25, 0.3) is 5.91 Å². The van der Waals surface area contributed by atoms with Crippen LogP contribution in [0.1, 0.15) is 10.4 Å². The van der Waals surface area contributed by atoms with Crippen molar-refractivity contribution in [1.29, 1.82) is 0 Å². The summed E-state index contributed by atoms with van der Waals surface area (Å²) in [7, 11) is 4.03. The number of hydrogen-bond donors (Lipinski definition) is 2. The molecule has 3 aromatic carbocycles. The van der Waals surface area contributed by atoms with Crippen molar-refractivity contribution in [2.45, 2.75) is 0 Å². The van der Waals surface area contributed by atoms with Crippen LogP contribution in [0, 0.1) is 0 Å². The van der Waals surface area contributed by atoms with Crippen LogP contribution in [0.2, 0.25) is 0 Å². The number of nitrogens with one attached hydrogen (secondary N) is 2. The molecule has 6 heteroatoms. The summed E-state index contributed by atoms with van der Waals surface area (Å²) in [6, 6.07) is 23.2. The number of aromatic nitrogens is 1. The molecule has 0 aliphatic heterocycles. The average molecular weight is 388 g/mol. The predicted octanol–water partition coefficient (Wildman–Crippen LogP) is 5.36. The molecule has 1 heterocycles. The van der Waals surface area contributed by atoms with E-state index in [2.05, 4.69) is 32.7 Å². The van der Waals surface area contributed by atoms with Crippen LogP contribution in [0.5, 0.6) is 0 Å². The number of benzene rings is 3. The van der Waals surface area contributed by atoms with E-state index in [9.17, 15) is 4.79 Å². The highest BCUT2D eigenvalue weighted by Gasteiger charge is 2.10. The number of fused-ring (bicyclic) bond motifs is 1. The van der Waals surface area contributed by atoms with Crippen LogP contribution < -0.4 is 15.5 Å². The van der Waals surface area contributed by atoms with E-state index in [0.717, 1.165) is 32.4 Å². The van der Waals surface area contributed by atoms with Crippen LogP contribution in [-0.4, -0.2) is 25.0 Å². The van der Waals surface area contributed by atoms with E-state index < -0.39 is 0 Å². The quantitative estimate of drug-likeness (QED) is 0.483. The Morgan fingerprint density at radius 2 is 1.71 bits per heavy atom. The molecule has 0 aliphatic rings. The number of rotatable bonds is 5. The molecule has 0 spiro atoms. The zero-order valence-corrected chi connectivity index (χ0v) is 16.5. The Morgan fingerprint density at radius 1 is 0.929 bits per heavy atom. The van der Waals surface area contributed by atoms with Crippen molar-refractivity contribution >= 4 is 49.7 Å². The zero-order valence-electron chi connectivity index (χ0n) is 15.6. The first kappa shape index (κ1) is 18.0. The molecule has 0 saturated carbocycles. The number of nitrogens with zero attached hydrogens (tertiary/aromatic N) is 2. The molecule has 1 amide bonds.